The van der Waals surface area contributed by atoms with E-state index in [1.807, 2.05) is 43.3 Å². The van der Waals surface area contributed by atoms with Gasteiger partial charge in [-0.3, -0.25) is 4.79 Å². The van der Waals surface area contributed by atoms with Gasteiger partial charge < -0.3 is 9.30 Å². The Morgan fingerprint density at radius 2 is 1.93 bits per heavy atom. The van der Waals surface area contributed by atoms with E-state index in [9.17, 15) is 4.79 Å². The van der Waals surface area contributed by atoms with Gasteiger partial charge in [0.15, 0.2) is 5.65 Å². The van der Waals surface area contributed by atoms with Crippen LogP contribution >= 0.6 is 12.6 Å². The first kappa shape index (κ1) is 17.4. The number of fused-ring (bicyclic) bond motifs is 1. The van der Waals surface area contributed by atoms with E-state index in [4.69, 9.17) is 4.74 Å². The molecule has 3 aromatic heterocycles. The van der Waals surface area contributed by atoms with Crippen molar-refractivity contribution in [1.82, 2.24) is 19.2 Å². The first-order valence-electron chi connectivity index (χ1n) is 8.43. The Morgan fingerprint density at radius 3 is 2.63 bits per heavy atom. The summed E-state index contributed by atoms with van der Waals surface area (Å²) in [6, 6.07) is 13.0. The molecule has 4 aromatic rings. The number of rotatable bonds is 4. The van der Waals surface area contributed by atoms with Crippen molar-refractivity contribution in [3.63, 3.8) is 0 Å². The first-order chi connectivity index (χ1) is 13.0. The van der Waals surface area contributed by atoms with Crippen molar-refractivity contribution in [3.8, 4) is 16.9 Å². The van der Waals surface area contributed by atoms with E-state index in [0.29, 0.717) is 17.2 Å². The van der Waals surface area contributed by atoms with Gasteiger partial charge in [-0.15, -0.1) is 12.6 Å². The maximum absolute atomic E-state index is 12.6. The minimum atomic E-state index is -0.0820. The van der Waals surface area contributed by atoms with Gasteiger partial charge in [-0.05, 0) is 42.3 Å². The molecule has 136 valence electrons. The predicted molar refractivity (Wildman–Crippen MR) is 107 cm³/mol. The quantitative estimate of drug-likeness (QED) is 0.438. The summed E-state index contributed by atoms with van der Waals surface area (Å²) in [4.78, 5) is 17.1. The summed E-state index contributed by atoms with van der Waals surface area (Å²) < 4.78 is 8.49. The summed E-state index contributed by atoms with van der Waals surface area (Å²) in [6.45, 7) is 2.40. The van der Waals surface area contributed by atoms with Gasteiger partial charge in [-0.25, -0.2) is 9.50 Å². The Balaban J connectivity index is 1.68. The highest BCUT2D eigenvalue weighted by Crippen LogP contribution is 2.24. The summed E-state index contributed by atoms with van der Waals surface area (Å²) in [5.74, 6) is 0.792. The minimum Gasteiger partial charge on any atom is -0.497 e. The van der Waals surface area contributed by atoms with Crippen LogP contribution in [0.4, 0.5) is 0 Å². The van der Waals surface area contributed by atoms with Crippen molar-refractivity contribution in [1.29, 1.82) is 0 Å². The second-order valence-electron chi connectivity index (χ2n) is 6.28. The van der Waals surface area contributed by atoms with Crippen LogP contribution in [-0.4, -0.2) is 26.3 Å². The van der Waals surface area contributed by atoms with Gasteiger partial charge >= 0.3 is 0 Å². The lowest BCUT2D eigenvalue weighted by Crippen LogP contribution is -2.19. The molecule has 0 N–H and O–H groups in total. The van der Waals surface area contributed by atoms with Gasteiger partial charge in [0.2, 0.25) is 0 Å². The Kier molecular flexibility index (Phi) is 4.45. The molecule has 0 spiro atoms. The van der Waals surface area contributed by atoms with Gasteiger partial charge in [0.05, 0.1) is 24.9 Å². The van der Waals surface area contributed by atoms with E-state index < -0.39 is 0 Å². The Hall–Kier alpha value is -3.06. The smallest absolute Gasteiger partial charge is 0.251 e. The lowest BCUT2D eigenvalue weighted by molar-refractivity contribution is 0.414. The third kappa shape index (κ3) is 3.33. The summed E-state index contributed by atoms with van der Waals surface area (Å²) in [6.07, 6.45) is 3.51. The number of hydrogen-bond acceptors (Lipinski definition) is 5. The van der Waals surface area contributed by atoms with E-state index in [1.165, 1.54) is 0 Å². The molecule has 0 aliphatic rings. The van der Waals surface area contributed by atoms with Crippen molar-refractivity contribution in [3.05, 3.63) is 76.5 Å². The highest BCUT2D eigenvalue weighted by atomic mass is 32.1. The first-order valence-corrected chi connectivity index (χ1v) is 8.88. The molecule has 0 amide bonds. The van der Waals surface area contributed by atoms with Gasteiger partial charge in [0, 0.05) is 23.5 Å². The number of thiol groups is 1. The average molecular weight is 378 g/mol. The van der Waals surface area contributed by atoms with E-state index in [2.05, 4.69) is 22.7 Å². The zero-order valence-corrected chi connectivity index (χ0v) is 15.9. The number of methoxy groups -OCH3 is 1. The third-order valence-corrected chi connectivity index (χ3v) is 4.72. The van der Waals surface area contributed by atoms with Crippen LogP contribution in [0.15, 0.2) is 64.7 Å². The van der Waals surface area contributed by atoms with Crippen LogP contribution in [0.5, 0.6) is 5.75 Å². The van der Waals surface area contributed by atoms with Crippen LogP contribution in [0, 0.1) is 6.92 Å². The Bertz CT molecular complexity index is 1180. The van der Waals surface area contributed by atoms with E-state index in [1.54, 1.807) is 34.7 Å². The number of benzene rings is 1. The average Bonchev–Trinajstić information content (AvgIpc) is 3.08. The van der Waals surface area contributed by atoms with Gasteiger partial charge in [-0.1, -0.05) is 12.1 Å². The number of hydrogen-bond donors (Lipinski definition) is 1. The van der Waals surface area contributed by atoms with Crippen LogP contribution in [0.25, 0.3) is 16.8 Å². The zero-order valence-electron chi connectivity index (χ0n) is 15.0. The molecule has 0 fully saturated rings. The Morgan fingerprint density at radius 1 is 1.15 bits per heavy atom. The molecular formula is C20H18N4O2S. The van der Waals surface area contributed by atoms with E-state index in [-0.39, 0.29) is 5.56 Å². The maximum Gasteiger partial charge on any atom is 0.251 e. The molecule has 0 unspecified atom stereocenters. The number of ether oxygens (including phenoxy) is 1. The topological polar surface area (TPSA) is 61.4 Å². The second kappa shape index (κ2) is 6.92. The van der Waals surface area contributed by atoms with Crippen LogP contribution in [0.2, 0.25) is 0 Å². The number of nitrogens with zero attached hydrogens (tertiary/aromatic N) is 4. The normalized spacial score (nSPS) is 11.1. The number of aryl methyl sites for hydroxylation is 1. The summed E-state index contributed by atoms with van der Waals surface area (Å²) >= 11 is 4.44. The van der Waals surface area contributed by atoms with Gasteiger partial charge in [-0.2, -0.15) is 5.10 Å². The highest BCUT2D eigenvalue weighted by molar-refractivity contribution is 7.80. The third-order valence-electron chi connectivity index (χ3n) is 4.40. The molecule has 27 heavy (non-hydrogen) atoms. The summed E-state index contributed by atoms with van der Waals surface area (Å²) in [7, 11) is 1.63. The monoisotopic (exact) mass is 378 g/mol. The van der Waals surface area contributed by atoms with Gasteiger partial charge in [0.25, 0.3) is 5.56 Å². The van der Waals surface area contributed by atoms with Crippen molar-refractivity contribution in [2.75, 3.05) is 7.11 Å². The molecule has 3 heterocycles. The number of aromatic nitrogens is 4. The fourth-order valence-electron chi connectivity index (χ4n) is 3.00. The molecule has 4 rings (SSSR count). The van der Waals surface area contributed by atoms with Gasteiger partial charge in [0.1, 0.15) is 5.75 Å². The van der Waals surface area contributed by atoms with Crippen LogP contribution < -0.4 is 10.3 Å². The van der Waals surface area contributed by atoms with Crippen molar-refractivity contribution in [2.24, 2.45) is 0 Å². The predicted octanol–water partition coefficient (Wildman–Crippen LogP) is 3.21. The zero-order chi connectivity index (χ0) is 19.0. The Labute approximate surface area is 161 Å². The van der Waals surface area contributed by atoms with Crippen LogP contribution in [0.3, 0.4) is 0 Å². The standard InChI is InChI=1S/C20H18N4O2S/c1-13-9-19(27)24-20(22-13)17(11-21-24)15-7-8-23(18(25)10-15)12-14-3-5-16(26-2)6-4-14/h3-11,27H,12H2,1-2H3. The lowest BCUT2D eigenvalue weighted by atomic mass is 10.1. The molecular weight excluding hydrogens is 360 g/mol. The number of pyridine rings is 1. The molecule has 0 bridgehead atoms. The molecule has 0 aliphatic heterocycles. The van der Waals surface area contributed by atoms with E-state index in [0.717, 1.165) is 28.1 Å². The largest absolute Gasteiger partial charge is 0.497 e. The molecule has 7 heteroatoms. The fourth-order valence-corrected chi connectivity index (χ4v) is 3.33. The van der Waals surface area contributed by atoms with Crippen molar-refractivity contribution in [2.45, 2.75) is 18.5 Å². The highest BCUT2D eigenvalue weighted by Gasteiger charge is 2.12. The van der Waals surface area contributed by atoms with Crippen molar-refractivity contribution < 1.29 is 4.74 Å². The van der Waals surface area contributed by atoms with Crippen molar-refractivity contribution >= 4 is 18.3 Å². The minimum absolute atomic E-state index is 0.0820. The molecule has 0 atom stereocenters. The molecule has 1 aromatic carbocycles. The van der Waals surface area contributed by atoms with Crippen LogP contribution in [0.1, 0.15) is 11.3 Å². The molecule has 0 saturated heterocycles. The maximum atomic E-state index is 12.6. The summed E-state index contributed by atoms with van der Waals surface area (Å²) in [5.41, 5.74) is 4.07. The fraction of sp³-hybridized carbons (Fsp3) is 0.150. The SMILES string of the molecule is COc1ccc(Cn2ccc(-c3cnn4c(S)cc(C)nc34)cc2=O)cc1. The van der Waals surface area contributed by atoms with Crippen LogP contribution in [-0.2, 0) is 6.54 Å². The summed E-state index contributed by atoms with van der Waals surface area (Å²) in [5, 5.41) is 5.03. The van der Waals surface area contributed by atoms with E-state index >= 15 is 0 Å². The molecule has 0 radical (unpaired) electrons. The lowest BCUT2D eigenvalue weighted by Gasteiger charge is -2.08. The molecule has 0 aliphatic carbocycles. The molecule has 6 nitrogen and oxygen atoms in total. The molecule has 0 saturated carbocycles. The second-order valence-corrected chi connectivity index (χ2v) is 6.74.